The second-order valence-electron chi connectivity index (χ2n) is 5.03. The molecule has 22 heavy (non-hydrogen) atoms. The zero-order chi connectivity index (χ0) is 16.3. The second kappa shape index (κ2) is 6.70. The molecule has 0 radical (unpaired) electrons. The van der Waals surface area contributed by atoms with Crippen molar-refractivity contribution in [2.45, 2.75) is 26.3 Å². The number of rotatable bonds is 5. The Bertz CT molecular complexity index is 674. The molecule has 1 aromatic heterocycles. The van der Waals surface area contributed by atoms with Crippen LogP contribution in [0.4, 0.5) is 4.39 Å². The van der Waals surface area contributed by atoms with Crippen LogP contribution in [0.5, 0.6) is 0 Å². The summed E-state index contributed by atoms with van der Waals surface area (Å²) in [6, 6.07) is 6.53. The number of carboxylic acid groups (broad SMARTS) is 1. The lowest BCUT2D eigenvalue weighted by molar-refractivity contribution is -0.137. The van der Waals surface area contributed by atoms with Crippen LogP contribution in [-0.2, 0) is 4.79 Å². The average Bonchev–Trinajstić information content (AvgIpc) is 2.78. The first-order valence-electron chi connectivity index (χ1n) is 6.72. The minimum absolute atomic E-state index is 0.263. The van der Waals surface area contributed by atoms with Gasteiger partial charge in [0.1, 0.15) is 5.82 Å². The Morgan fingerprint density at radius 2 is 1.91 bits per heavy atom. The van der Waals surface area contributed by atoms with Crippen LogP contribution >= 0.6 is 11.3 Å². The fourth-order valence-electron chi connectivity index (χ4n) is 2.04. The molecule has 2 N–H and O–H groups in total. The number of nitrogens with one attached hydrogen (secondary N) is 1. The van der Waals surface area contributed by atoms with Gasteiger partial charge in [-0.25, -0.2) is 4.39 Å². The first kappa shape index (κ1) is 16.2. The molecular formula is C16H16FNO3S. The lowest BCUT2D eigenvalue weighted by Crippen LogP contribution is -2.29. The summed E-state index contributed by atoms with van der Waals surface area (Å²) in [6.07, 6.45) is -0.263. The van der Waals surface area contributed by atoms with Crippen molar-refractivity contribution >= 4 is 23.2 Å². The summed E-state index contributed by atoms with van der Waals surface area (Å²) < 4.78 is 13.0. The second-order valence-corrected chi connectivity index (χ2v) is 6.28. The van der Waals surface area contributed by atoms with Gasteiger partial charge in [0.2, 0.25) is 0 Å². The maximum Gasteiger partial charge on any atom is 0.305 e. The SMILES string of the molecule is Cc1cc(C(=O)NC(CC(=O)O)c2ccc(F)cc2)sc1C. The average molecular weight is 321 g/mol. The molecule has 0 saturated heterocycles. The molecule has 1 heterocycles. The standard InChI is InChI=1S/C16H16FNO3S/c1-9-7-14(22-10(9)2)16(21)18-13(8-15(19)20)11-3-5-12(17)6-4-11/h3-7,13H,8H2,1-2H3,(H,18,21)(H,19,20). The Kier molecular flexibility index (Phi) is 4.92. The highest BCUT2D eigenvalue weighted by Gasteiger charge is 2.20. The van der Waals surface area contributed by atoms with E-state index in [-0.39, 0.29) is 12.3 Å². The van der Waals surface area contributed by atoms with Crippen molar-refractivity contribution in [3.8, 4) is 0 Å². The van der Waals surface area contributed by atoms with Gasteiger partial charge in [0.05, 0.1) is 17.3 Å². The molecule has 2 aromatic rings. The van der Waals surface area contributed by atoms with Gasteiger partial charge in [0.25, 0.3) is 5.91 Å². The number of amides is 1. The van der Waals surface area contributed by atoms with Crippen LogP contribution in [-0.4, -0.2) is 17.0 Å². The molecule has 0 aliphatic heterocycles. The summed E-state index contributed by atoms with van der Waals surface area (Å²) in [6.45, 7) is 3.84. The monoisotopic (exact) mass is 321 g/mol. The van der Waals surface area contributed by atoms with Gasteiger partial charge < -0.3 is 10.4 Å². The molecular weight excluding hydrogens is 305 g/mol. The lowest BCUT2D eigenvalue weighted by atomic mass is 10.0. The van der Waals surface area contributed by atoms with E-state index in [4.69, 9.17) is 5.11 Å². The summed E-state index contributed by atoms with van der Waals surface area (Å²) in [5, 5.41) is 11.7. The number of thiophene rings is 1. The predicted molar refractivity (Wildman–Crippen MR) is 82.7 cm³/mol. The summed E-state index contributed by atoms with van der Waals surface area (Å²) in [5.74, 6) is -1.77. The molecule has 1 atom stereocenters. The van der Waals surface area contributed by atoms with Crippen LogP contribution in [0.1, 0.15) is 38.1 Å². The third kappa shape index (κ3) is 3.92. The number of hydrogen-bond acceptors (Lipinski definition) is 3. The molecule has 1 amide bonds. The first-order valence-corrected chi connectivity index (χ1v) is 7.53. The third-order valence-electron chi connectivity index (χ3n) is 3.35. The number of hydrogen-bond donors (Lipinski definition) is 2. The summed E-state index contributed by atoms with van der Waals surface area (Å²) in [5.41, 5.74) is 1.58. The number of carboxylic acids is 1. The largest absolute Gasteiger partial charge is 0.481 e. The molecule has 4 nitrogen and oxygen atoms in total. The van der Waals surface area contributed by atoms with Crippen LogP contribution in [0.25, 0.3) is 0 Å². The maximum absolute atomic E-state index is 13.0. The van der Waals surface area contributed by atoms with Crippen molar-refractivity contribution in [1.29, 1.82) is 0 Å². The third-order valence-corrected chi connectivity index (χ3v) is 4.50. The predicted octanol–water partition coefficient (Wildman–Crippen LogP) is 3.45. The fraction of sp³-hybridized carbons (Fsp3) is 0.250. The van der Waals surface area contributed by atoms with Gasteiger partial charge in [-0.15, -0.1) is 11.3 Å². The van der Waals surface area contributed by atoms with Gasteiger partial charge in [-0.3, -0.25) is 9.59 Å². The summed E-state index contributed by atoms with van der Waals surface area (Å²) in [7, 11) is 0. The minimum Gasteiger partial charge on any atom is -0.481 e. The molecule has 0 bridgehead atoms. The normalized spacial score (nSPS) is 12.0. The Hall–Kier alpha value is -2.21. The Morgan fingerprint density at radius 3 is 2.41 bits per heavy atom. The highest BCUT2D eigenvalue weighted by molar-refractivity contribution is 7.14. The van der Waals surface area contributed by atoms with E-state index in [2.05, 4.69) is 5.32 Å². The zero-order valence-electron chi connectivity index (χ0n) is 12.2. The van der Waals surface area contributed by atoms with Gasteiger partial charge in [-0.05, 0) is 43.2 Å². The lowest BCUT2D eigenvalue weighted by Gasteiger charge is -2.17. The van der Waals surface area contributed by atoms with E-state index in [0.717, 1.165) is 10.4 Å². The van der Waals surface area contributed by atoms with Crippen molar-refractivity contribution in [3.05, 3.63) is 57.0 Å². The molecule has 0 saturated carbocycles. The van der Waals surface area contributed by atoms with Gasteiger partial charge in [-0.1, -0.05) is 12.1 Å². The smallest absolute Gasteiger partial charge is 0.305 e. The Balaban J connectivity index is 2.20. The molecule has 1 aromatic carbocycles. The Morgan fingerprint density at radius 1 is 1.27 bits per heavy atom. The van der Waals surface area contributed by atoms with E-state index in [1.54, 1.807) is 6.07 Å². The Labute approximate surface area is 131 Å². The van der Waals surface area contributed by atoms with E-state index in [1.807, 2.05) is 13.8 Å². The highest BCUT2D eigenvalue weighted by atomic mass is 32.1. The summed E-state index contributed by atoms with van der Waals surface area (Å²) >= 11 is 1.36. The van der Waals surface area contributed by atoms with E-state index in [1.165, 1.54) is 35.6 Å². The number of carbonyl (C=O) groups is 2. The van der Waals surface area contributed by atoms with Crippen molar-refractivity contribution in [3.63, 3.8) is 0 Å². The minimum atomic E-state index is -1.03. The van der Waals surface area contributed by atoms with Crippen molar-refractivity contribution in [2.24, 2.45) is 0 Å². The number of benzene rings is 1. The van der Waals surface area contributed by atoms with Crippen molar-refractivity contribution in [2.75, 3.05) is 0 Å². The van der Waals surface area contributed by atoms with Crippen LogP contribution in [0.15, 0.2) is 30.3 Å². The van der Waals surface area contributed by atoms with Crippen LogP contribution in [0, 0.1) is 19.7 Å². The molecule has 0 aliphatic rings. The molecule has 0 aliphatic carbocycles. The molecule has 1 unspecified atom stereocenters. The number of aliphatic carboxylic acids is 1. The van der Waals surface area contributed by atoms with Gasteiger partial charge in [0, 0.05) is 4.88 Å². The van der Waals surface area contributed by atoms with E-state index < -0.39 is 17.8 Å². The van der Waals surface area contributed by atoms with Gasteiger partial charge >= 0.3 is 5.97 Å². The molecule has 2 rings (SSSR count). The topological polar surface area (TPSA) is 66.4 Å². The van der Waals surface area contributed by atoms with E-state index >= 15 is 0 Å². The number of carbonyl (C=O) groups excluding carboxylic acids is 1. The number of aryl methyl sites for hydroxylation is 2. The highest BCUT2D eigenvalue weighted by Crippen LogP contribution is 2.23. The quantitative estimate of drug-likeness (QED) is 0.886. The number of halogens is 1. The molecule has 0 fully saturated rings. The van der Waals surface area contributed by atoms with Gasteiger partial charge in [0.15, 0.2) is 0 Å². The van der Waals surface area contributed by atoms with Gasteiger partial charge in [-0.2, -0.15) is 0 Å². The molecule has 116 valence electrons. The van der Waals surface area contributed by atoms with Crippen molar-refractivity contribution in [1.82, 2.24) is 5.32 Å². The maximum atomic E-state index is 13.0. The van der Waals surface area contributed by atoms with E-state index in [0.29, 0.717) is 10.4 Å². The van der Waals surface area contributed by atoms with Crippen LogP contribution in [0.3, 0.4) is 0 Å². The summed E-state index contributed by atoms with van der Waals surface area (Å²) in [4.78, 5) is 24.9. The van der Waals surface area contributed by atoms with Crippen LogP contribution < -0.4 is 5.32 Å². The first-order chi connectivity index (χ1) is 10.4. The van der Waals surface area contributed by atoms with E-state index in [9.17, 15) is 14.0 Å². The molecule has 6 heteroatoms. The van der Waals surface area contributed by atoms with Crippen LogP contribution in [0.2, 0.25) is 0 Å². The fourth-order valence-corrected chi connectivity index (χ4v) is 2.97. The molecule has 0 spiro atoms. The zero-order valence-corrected chi connectivity index (χ0v) is 13.0. The van der Waals surface area contributed by atoms with Crippen molar-refractivity contribution < 1.29 is 19.1 Å².